The highest BCUT2D eigenvalue weighted by molar-refractivity contribution is 7.70. The molecule has 0 spiro atoms. The zero-order chi connectivity index (χ0) is 20.1. The Morgan fingerprint density at radius 3 is 2.41 bits per heavy atom. The molecule has 0 fully saturated rings. The van der Waals surface area contributed by atoms with Crippen molar-refractivity contribution >= 4 is 27.3 Å². The minimum Gasteiger partial charge on any atom is -0.324 e. The summed E-state index contributed by atoms with van der Waals surface area (Å²) in [5, 5.41) is 1.61. The standard InChI is InChI=1S/C14H16N4O7P2/c19-14(12-3-5-15-6-4-12)17-16-8-11-2-1-7-18(9-11)10-13(26(20,21)22)27(23,24)25/h1-9,13H,10H2,(H4-,17,19,20,21,22,23,24,25)/p+1. The van der Waals surface area contributed by atoms with Gasteiger partial charge in [0.25, 0.3) is 5.91 Å². The van der Waals surface area contributed by atoms with Gasteiger partial charge in [-0.15, -0.1) is 0 Å². The molecule has 0 aromatic carbocycles. The average Bonchev–Trinajstić information content (AvgIpc) is 2.59. The van der Waals surface area contributed by atoms with Crippen molar-refractivity contribution in [2.75, 3.05) is 0 Å². The Labute approximate surface area is 153 Å². The molecule has 2 aromatic heterocycles. The number of carbonyl (C=O) groups excluding carboxylic acids is 1. The second-order valence-electron chi connectivity index (χ2n) is 5.43. The second kappa shape index (κ2) is 8.62. The molecule has 0 bridgehead atoms. The van der Waals surface area contributed by atoms with Gasteiger partial charge in [-0.2, -0.15) is 5.10 Å². The quantitative estimate of drug-likeness (QED) is 0.179. The number of amides is 1. The maximum atomic E-state index is 11.8. The zero-order valence-electron chi connectivity index (χ0n) is 13.7. The fraction of sp³-hybridized carbons (Fsp3) is 0.143. The monoisotopic (exact) mass is 415 g/mol. The first-order valence-electron chi connectivity index (χ1n) is 7.40. The van der Waals surface area contributed by atoms with E-state index in [4.69, 9.17) is 0 Å². The fourth-order valence-electron chi connectivity index (χ4n) is 2.06. The third-order valence-electron chi connectivity index (χ3n) is 3.35. The molecule has 0 unspecified atom stereocenters. The minimum atomic E-state index is -5.03. The lowest BCUT2D eigenvalue weighted by Crippen LogP contribution is -2.39. The first kappa shape index (κ1) is 21.0. The van der Waals surface area contributed by atoms with Crippen LogP contribution in [0.4, 0.5) is 0 Å². The predicted octanol–water partition coefficient (Wildman–Crippen LogP) is -0.185. The highest BCUT2D eigenvalue weighted by Gasteiger charge is 2.46. The van der Waals surface area contributed by atoms with E-state index in [9.17, 15) is 33.5 Å². The maximum absolute atomic E-state index is 11.8. The van der Waals surface area contributed by atoms with Crippen LogP contribution in [0.1, 0.15) is 15.9 Å². The van der Waals surface area contributed by atoms with Crippen LogP contribution in [0.15, 0.2) is 54.2 Å². The Balaban J connectivity index is 2.10. The SMILES string of the molecule is O=C(NN=Cc1ccc[n+](CC(P(=O)(O)O)P(=O)(O)O)c1)c1ccncc1. The molecule has 2 aromatic rings. The van der Waals surface area contributed by atoms with Gasteiger partial charge in [0.1, 0.15) is 0 Å². The molecule has 5 N–H and O–H groups in total. The van der Waals surface area contributed by atoms with Gasteiger partial charge < -0.3 is 19.6 Å². The predicted molar refractivity (Wildman–Crippen MR) is 93.8 cm³/mol. The number of nitrogens with one attached hydrogen (secondary N) is 1. The molecule has 0 saturated carbocycles. The summed E-state index contributed by atoms with van der Waals surface area (Å²) >= 11 is 0. The van der Waals surface area contributed by atoms with Crippen LogP contribution in [0, 0.1) is 0 Å². The van der Waals surface area contributed by atoms with E-state index in [0.29, 0.717) is 11.1 Å². The minimum absolute atomic E-state index is 0.358. The van der Waals surface area contributed by atoms with Gasteiger partial charge in [0.15, 0.2) is 18.9 Å². The number of hydrogen-bond acceptors (Lipinski definition) is 5. The Bertz CT molecular complexity index is 904. The number of rotatable bonds is 7. The second-order valence-corrected chi connectivity index (χ2v) is 9.44. The summed E-state index contributed by atoms with van der Waals surface area (Å²) in [6.45, 7) is -0.598. The molecule has 0 aliphatic heterocycles. The van der Waals surface area contributed by atoms with Crippen LogP contribution in [0.25, 0.3) is 0 Å². The van der Waals surface area contributed by atoms with Gasteiger partial charge in [-0.1, -0.05) is 0 Å². The van der Waals surface area contributed by atoms with Crippen molar-refractivity contribution in [3.63, 3.8) is 0 Å². The highest BCUT2D eigenvalue weighted by Crippen LogP contribution is 2.59. The molecule has 0 aliphatic rings. The van der Waals surface area contributed by atoms with Crippen LogP contribution in [0.2, 0.25) is 0 Å². The molecule has 13 heteroatoms. The molecule has 0 saturated heterocycles. The van der Waals surface area contributed by atoms with Gasteiger partial charge in [0.2, 0.25) is 5.40 Å². The molecule has 0 atom stereocenters. The lowest BCUT2D eigenvalue weighted by atomic mass is 10.3. The van der Waals surface area contributed by atoms with Crippen molar-refractivity contribution in [3.05, 3.63) is 60.2 Å². The van der Waals surface area contributed by atoms with E-state index in [1.165, 1.54) is 53.8 Å². The van der Waals surface area contributed by atoms with E-state index >= 15 is 0 Å². The number of pyridine rings is 2. The number of hydrazone groups is 1. The Hall–Kier alpha value is -2.26. The van der Waals surface area contributed by atoms with Gasteiger partial charge in [-0.25, -0.2) is 9.99 Å². The van der Waals surface area contributed by atoms with E-state index < -0.39 is 33.0 Å². The van der Waals surface area contributed by atoms with Gasteiger partial charge in [0, 0.05) is 24.0 Å². The Morgan fingerprint density at radius 1 is 1.19 bits per heavy atom. The van der Waals surface area contributed by atoms with Crippen molar-refractivity contribution < 1.29 is 38.1 Å². The number of nitrogens with zero attached hydrogens (tertiary/aromatic N) is 3. The summed E-state index contributed by atoms with van der Waals surface area (Å²) in [7, 11) is -10.1. The van der Waals surface area contributed by atoms with Crippen LogP contribution in [0.3, 0.4) is 0 Å². The van der Waals surface area contributed by atoms with Gasteiger partial charge in [-0.3, -0.25) is 18.9 Å². The molecule has 1 amide bonds. The van der Waals surface area contributed by atoms with Crippen LogP contribution in [-0.2, 0) is 15.7 Å². The molecule has 11 nitrogen and oxygen atoms in total. The van der Waals surface area contributed by atoms with Gasteiger partial charge in [0.05, 0.1) is 11.8 Å². The smallest absolute Gasteiger partial charge is 0.324 e. The largest absolute Gasteiger partial charge is 0.347 e. The van der Waals surface area contributed by atoms with E-state index in [0.717, 1.165) is 0 Å². The third kappa shape index (κ3) is 6.44. The molecular formula is C14H17N4O7P2+. The van der Waals surface area contributed by atoms with Crippen molar-refractivity contribution in [3.8, 4) is 0 Å². The summed E-state index contributed by atoms with van der Waals surface area (Å²) in [6, 6.07) is 6.10. The molecule has 2 heterocycles. The summed E-state index contributed by atoms with van der Waals surface area (Å²) in [6.07, 6.45) is 6.96. The molecule has 144 valence electrons. The van der Waals surface area contributed by atoms with Crippen molar-refractivity contribution in [2.45, 2.75) is 11.9 Å². The lowest BCUT2D eigenvalue weighted by molar-refractivity contribution is -0.694. The number of aromatic nitrogens is 2. The highest BCUT2D eigenvalue weighted by atomic mass is 31.2. The Kier molecular flexibility index (Phi) is 6.72. The van der Waals surface area contributed by atoms with Crippen LogP contribution >= 0.6 is 15.2 Å². The molecule has 0 radical (unpaired) electrons. The van der Waals surface area contributed by atoms with Crippen LogP contribution in [-0.4, -0.2) is 42.1 Å². The number of carbonyl (C=O) groups is 1. The van der Waals surface area contributed by atoms with Crippen LogP contribution in [0.5, 0.6) is 0 Å². The van der Waals surface area contributed by atoms with E-state index in [2.05, 4.69) is 15.5 Å². The first-order chi connectivity index (χ1) is 12.6. The van der Waals surface area contributed by atoms with E-state index in [-0.39, 0.29) is 0 Å². The average molecular weight is 415 g/mol. The molecular weight excluding hydrogens is 398 g/mol. The van der Waals surface area contributed by atoms with Crippen LogP contribution < -0.4 is 9.99 Å². The molecule has 0 aliphatic carbocycles. The summed E-state index contributed by atoms with van der Waals surface area (Å²) in [5.41, 5.74) is 3.09. The molecule has 27 heavy (non-hydrogen) atoms. The van der Waals surface area contributed by atoms with Crippen molar-refractivity contribution in [1.82, 2.24) is 10.4 Å². The summed E-state index contributed by atoms with van der Waals surface area (Å²) < 4.78 is 23.9. The van der Waals surface area contributed by atoms with E-state index in [1.54, 1.807) is 6.07 Å². The topological polar surface area (TPSA) is 173 Å². The van der Waals surface area contributed by atoms with Crippen molar-refractivity contribution in [1.29, 1.82) is 0 Å². The number of hydrogen-bond donors (Lipinski definition) is 5. The normalized spacial score (nSPS) is 12.5. The fourth-order valence-corrected chi connectivity index (χ4v) is 4.43. The van der Waals surface area contributed by atoms with E-state index in [1.807, 2.05) is 0 Å². The zero-order valence-corrected chi connectivity index (χ0v) is 15.5. The molecule has 2 rings (SSSR count). The van der Waals surface area contributed by atoms with Gasteiger partial charge >= 0.3 is 15.2 Å². The summed E-state index contributed by atoms with van der Waals surface area (Å²) in [4.78, 5) is 52.4. The third-order valence-corrected chi connectivity index (χ3v) is 7.04. The first-order valence-corrected chi connectivity index (χ1v) is 10.8. The summed E-state index contributed by atoms with van der Waals surface area (Å²) in [5.74, 6) is -0.458. The Morgan fingerprint density at radius 2 is 1.81 bits per heavy atom. The van der Waals surface area contributed by atoms with Gasteiger partial charge in [-0.05, 0) is 18.2 Å². The van der Waals surface area contributed by atoms with Crippen molar-refractivity contribution in [2.24, 2.45) is 5.10 Å². The maximum Gasteiger partial charge on any atom is 0.347 e. The lowest BCUT2D eigenvalue weighted by Gasteiger charge is -2.16.